The maximum absolute atomic E-state index is 11.1. The predicted molar refractivity (Wildman–Crippen MR) is 86.0 cm³/mol. The molecule has 0 amide bonds. The average molecular weight is 377 g/mol. The monoisotopic (exact) mass is 375 g/mol. The van der Waals surface area contributed by atoms with Gasteiger partial charge in [0.1, 0.15) is 12.4 Å². The maximum atomic E-state index is 11.1. The van der Waals surface area contributed by atoms with Gasteiger partial charge in [0.25, 0.3) is 0 Å². The van der Waals surface area contributed by atoms with Crippen LogP contribution < -0.4 is 4.74 Å². The molecular weight excluding hydrogens is 358 g/mol. The smallest absolute Gasteiger partial charge is 0.307 e. The number of carboxylic acid groups (broad SMARTS) is 1. The zero-order valence-electron chi connectivity index (χ0n) is 11.9. The van der Waals surface area contributed by atoms with E-state index in [0.717, 1.165) is 29.7 Å². The van der Waals surface area contributed by atoms with Gasteiger partial charge in [0.15, 0.2) is 0 Å². The number of carboxylic acids is 1. The summed E-state index contributed by atoms with van der Waals surface area (Å²) < 4.78 is 6.56. The van der Waals surface area contributed by atoms with Crippen LogP contribution in [-0.2, 0) is 4.79 Å². The van der Waals surface area contributed by atoms with E-state index in [1.54, 1.807) is 12.1 Å². The Hall–Kier alpha value is -0.780. The van der Waals surface area contributed by atoms with Crippen LogP contribution in [0.25, 0.3) is 0 Å². The Labute approximate surface area is 138 Å². The van der Waals surface area contributed by atoms with E-state index in [1.807, 2.05) is 6.07 Å². The summed E-state index contributed by atoms with van der Waals surface area (Å²) in [5.41, 5.74) is 0. The number of benzene rings is 1. The molecule has 2 atom stereocenters. The van der Waals surface area contributed by atoms with Gasteiger partial charge in [-0.1, -0.05) is 18.5 Å². The van der Waals surface area contributed by atoms with Crippen LogP contribution in [0.2, 0.25) is 5.02 Å². The number of likely N-dealkylation sites (tertiary alicyclic amines) is 1. The van der Waals surface area contributed by atoms with Crippen molar-refractivity contribution in [3.8, 4) is 5.75 Å². The molecular formula is C15H19BrClNO3. The molecule has 1 aliphatic heterocycles. The van der Waals surface area contributed by atoms with E-state index in [-0.39, 0.29) is 5.92 Å². The second-order valence-electron chi connectivity index (χ2n) is 5.56. The molecule has 1 aromatic carbocycles. The molecule has 2 rings (SSSR count). The van der Waals surface area contributed by atoms with E-state index in [1.165, 1.54) is 0 Å². The first-order valence-corrected chi connectivity index (χ1v) is 8.16. The topological polar surface area (TPSA) is 49.8 Å². The Balaban J connectivity index is 1.83. The molecule has 2 unspecified atom stereocenters. The minimum atomic E-state index is -0.701. The third kappa shape index (κ3) is 4.87. The van der Waals surface area contributed by atoms with Gasteiger partial charge in [0.2, 0.25) is 0 Å². The van der Waals surface area contributed by atoms with Crippen LogP contribution in [-0.4, -0.2) is 42.2 Å². The standard InChI is InChI=1S/C15H19BrClNO3/c1-10-6-11(15(19)20)9-18(8-10)4-5-21-14-3-2-12(17)7-13(14)16/h2-3,7,10-11H,4-6,8-9H2,1H3,(H,19,20). The molecule has 1 aromatic rings. The van der Waals surface area contributed by atoms with Crippen LogP contribution in [0.4, 0.5) is 0 Å². The van der Waals surface area contributed by atoms with Gasteiger partial charge in [0.05, 0.1) is 10.4 Å². The van der Waals surface area contributed by atoms with Gasteiger partial charge in [-0.25, -0.2) is 0 Å². The fraction of sp³-hybridized carbons (Fsp3) is 0.533. The molecule has 1 N–H and O–H groups in total. The SMILES string of the molecule is CC1CC(C(=O)O)CN(CCOc2ccc(Cl)cc2Br)C1. The van der Waals surface area contributed by atoms with Crippen molar-refractivity contribution in [1.29, 1.82) is 0 Å². The van der Waals surface area contributed by atoms with Crippen molar-refractivity contribution < 1.29 is 14.6 Å². The highest BCUT2D eigenvalue weighted by molar-refractivity contribution is 9.10. The molecule has 0 radical (unpaired) electrons. The first-order valence-electron chi connectivity index (χ1n) is 6.98. The molecule has 6 heteroatoms. The second-order valence-corrected chi connectivity index (χ2v) is 6.85. The van der Waals surface area contributed by atoms with Crippen molar-refractivity contribution in [2.75, 3.05) is 26.2 Å². The van der Waals surface area contributed by atoms with E-state index in [0.29, 0.717) is 24.1 Å². The summed E-state index contributed by atoms with van der Waals surface area (Å²) in [6.07, 6.45) is 0.759. The van der Waals surface area contributed by atoms with Crippen LogP contribution >= 0.6 is 27.5 Å². The van der Waals surface area contributed by atoms with E-state index in [9.17, 15) is 4.79 Å². The predicted octanol–water partition coefficient (Wildman–Crippen LogP) is 3.52. The van der Waals surface area contributed by atoms with Gasteiger partial charge in [-0.2, -0.15) is 0 Å². The van der Waals surface area contributed by atoms with Gasteiger partial charge in [-0.15, -0.1) is 0 Å². The number of nitrogens with zero attached hydrogens (tertiary/aromatic N) is 1. The lowest BCUT2D eigenvalue weighted by atomic mass is 9.90. The van der Waals surface area contributed by atoms with E-state index >= 15 is 0 Å². The summed E-state index contributed by atoms with van der Waals surface area (Å²) in [4.78, 5) is 13.3. The number of carbonyl (C=O) groups is 1. The third-order valence-electron chi connectivity index (χ3n) is 3.64. The molecule has 1 fully saturated rings. The second kappa shape index (κ2) is 7.47. The normalized spacial score (nSPS) is 23.0. The van der Waals surface area contributed by atoms with Gasteiger partial charge in [-0.3, -0.25) is 9.69 Å². The lowest BCUT2D eigenvalue weighted by molar-refractivity contribution is -0.144. The Morgan fingerprint density at radius 3 is 2.95 bits per heavy atom. The first-order chi connectivity index (χ1) is 9.95. The van der Waals surface area contributed by atoms with Gasteiger partial charge >= 0.3 is 5.97 Å². The summed E-state index contributed by atoms with van der Waals surface area (Å²) in [5.74, 6) is 0.185. The molecule has 4 nitrogen and oxygen atoms in total. The molecule has 0 spiro atoms. The fourth-order valence-corrected chi connectivity index (χ4v) is 3.50. The van der Waals surface area contributed by atoms with E-state index < -0.39 is 5.97 Å². The van der Waals surface area contributed by atoms with Crippen molar-refractivity contribution in [2.24, 2.45) is 11.8 Å². The minimum Gasteiger partial charge on any atom is -0.491 e. The van der Waals surface area contributed by atoms with Crippen LogP contribution in [0.1, 0.15) is 13.3 Å². The van der Waals surface area contributed by atoms with Crippen LogP contribution in [0.5, 0.6) is 5.75 Å². The molecule has 0 saturated carbocycles. The van der Waals surface area contributed by atoms with Gasteiger partial charge < -0.3 is 9.84 Å². The Bertz CT molecular complexity index is 512. The Morgan fingerprint density at radius 1 is 1.52 bits per heavy atom. The highest BCUT2D eigenvalue weighted by Gasteiger charge is 2.29. The fourth-order valence-electron chi connectivity index (χ4n) is 2.70. The molecule has 0 aliphatic carbocycles. The van der Waals surface area contributed by atoms with Crippen LogP contribution in [0.15, 0.2) is 22.7 Å². The maximum Gasteiger partial charge on any atom is 0.307 e. The number of piperidine rings is 1. The Kier molecular flexibility index (Phi) is 5.90. The lowest BCUT2D eigenvalue weighted by Gasteiger charge is -2.34. The highest BCUT2D eigenvalue weighted by Crippen LogP contribution is 2.28. The molecule has 0 bridgehead atoms. The summed E-state index contributed by atoms with van der Waals surface area (Å²) in [6, 6.07) is 5.40. The van der Waals surface area contributed by atoms with E-state index in [4.69, 9.17) is 21.4 Å². The Morgan fingerprint density at radius 2 is 2.29 bits per heavy atom. The first kappa shape index (κ1) is 16.6. The molecule has 21 heavy (non-hydrogen) atoms. The van der Waals surface area contributed by atoms with Crippen molar-refractivity contribution >= 4 is 33.5 Å². The van der Waals surface area contributed by atoms with Crippen LogP contribution in [0, 0.1) is 11.8 Å². The van der Waals surface area contributed by atoms with Crippen LogP contribution in [0.3, 0.4) is 0 Å². The molecule has 116 valence electrons. The molecule has 1 saturated heterocycles. The number of hydrogen-bond donors (Lipinski definition) is 1. The van der Waals surface area contributed by atoms with Crippen molar-refractivity contribution in [1.82, 2.24) is 4.90 Å². The van der Waals surface area contributed by atoms with E-state index in [2.05, 4.69) is 27.8 Å². The van der Waals surface area contributed by atoms with Gasteiger partial charge in [0, 0.05) is 24.7 Å². The number of halogens is 2. The third-order valence-corrected chi connectivity index (χ3v) is 4.50. The van der Waals surface area contributed by atoms with Crippen molar-refractivity contribution in [2.45, 2.75) is 13.3 Å². The largest absolute Gasteiger partial charge is 0.491 e. The zero-order chi connectivity index (χ0) is 15.4. The molecule has 1 heterocycles. The number of hydrogen-bond acceptors (Lipinski definition) is 3. The summed E-state index contributed by atoms with van der Waals surface area (Å²) in [5, 5.41) is 9.82. The van der Waals surface area contributed by atoms with Crippen molar-refractivity contribution in [3.63, 3.8) is 0 Å². The molecule has 0 aromatic heterocycles. The average Bonchev–Trinajstić information content (AvgIpc) is 2.40. The number of aliphatic carboxylic acids is 1. The number of rotatable bonds is 5. The summed E-state index contributed by atoms with van der Waals surface area (Å²) >= 11 is 9.30. The summed E-state index contributed by atoms with van der Waals surface area (Å²) in [6.45, 7) is 4.88. The van der Waals surface area contributed by atoms with Gasteiger partial charge in [-0.05, 0) is 46.5 Å². The summed E-state index contributed by atoms with van der Waals surface area (Å²) in [7, 11) is 0. The zero-order valence-corrected chi connectivity index (χ0v) is 14.2. The quantitative estimate of drug-likeness (QED) is 0.854. The lowest BCUT2D eigenvalue weighted by Crippen LogP contribution is -2.44. The molecule has 1 aliphatic rings. The van der Waals surface area contributed by atoms with Crippen molar-refractivity contribution in [3.05, 3.63) is 27.7 Å². The minimum absolute atomic E-state index is 0.268. The number of ether oxygens (including phenoxy) is 1. The highest BCUT2D eigenvalue weighted by atomic mass is 79.9.